The summed E-state index contributed by atoms with van der Waals surface area (Å²) in [7, 11) is 1.62. The van der Waals surface area contributed by atoms with E-state index in [0.29, 0.717) is 12.5 Å². The first kappa shape index (κ1) is 16.5. The Morgan fingerprint density at radius 2 is 2.04 bits per heavy atom. The molecular formula is C19H22N2O3. The molecule has 5 heteroatoms. The fourth-order valence-electron chi connectivity index (χ4n) is 3.43. The van der Waals surface area contributed by atoms with Crippen LogP contribution in [0.3, 0.4) is 0 Å². The Morgan fingerprint density at radius 1 is 1.25 bits per heavy atom. The number of non-ortho nitro benzene ring substituents is 1. The van der Waals surface area contributed by atoms with Gasteiger partial charge < -0.3 is 9.64 Å². The molecule has 3 rings (SSSR count). The summed E-state index contributed by atoms with van der Waals surface area (Å²) in [4.78, 5) is 13.0. The standard InChI is InChI=1S/C19H22N2O3/c1-24-14-17-12-18(21(22)23)7-8-19(17)20-10-9-16(13-20)11-15-5-3-2-4-6-15/h2-8,12,16H,9-11,13-14H2,1H3. The quantitative estimate of drug-likeness (QED) is 0.598. The van der Waals surface area contributed by atoms with Crippen molar-refractivity contribution in [2.24, 2.45) is 5.92 Å². The molecule has 2 aromatic carbocycles. The third-order valence-corrected chi connectivity index (χ3v) is 4.57. The lowest BCUT2D eigenvalue weighted by Crippen LogP contribution is -2.21. The predicted octanol–water partition coefficient (Wildman–Crippen LogP) is 3.81. The van der Waals surface area contributed by atoms with E-state index in [-0.39, 0.29) is 10.6 Å². The molecule has 0 aliphatic carbocycles. The molecule has 0 saturated carbocycles. The molecule has 0 bridgehead atoms. The van der Waals surface area contributed by atoms with Gasteiger partial charge in [-0.25, -0.2) is 0 Å². The van der Waals surface area contributed by atoms with Crippen molar-refractivity contribution in [3.63, 3.8) is 0 Å². The predicted molar refractivity (Wildman–Crippen MR) is 94.3 cm³/mol. The highest BCUT2D eigenvalue weighted by molar-refractivity contribution is 5.58. The van der Waals surface area contributed by atoms with Crippen LogP contribution in [0.4, 0.5) is 11.4 Å². The van der Waals surface area contributed by atoms with Gasteiger partial charge >= 0.3 is 0 Å². The first-order chi connectivity index (χ1) is 11.7. The highest BCUT2D eigenvalue weighted by atomic mass is 16.6. The molecule has 0 N–H and O–H groups in total. The Balaban J connectivity index is 1.74. The van der Waals surface area contributed by atoms with Crippen LogP contribution in [0.2, 0.25) is 0 Å². The van der Waals surface area contributed by atoms with E-state index < -0.39 is 0 Å². The largest absolute Gasteiger partial charge is 0.380 e. The van der Waals surface area contributed by atoms with Gasteiger partial charge in [-0.2, -0.15) is 0 Å². The maximum Gasteiger partial charge on any atom is 0.269 e. The molecule has 1 fully saturated rings. The maximum atomic E-state index is 11.0. The van der Waals surface area contributed by atoms with Crippen LogP contribution in [-0.4, -0.2) is 25.1 Å². The lowest BCUT2D eigenvalue weighted by Gasteiger charge is -2.22. The van der Waals surface area contributed by atoms with E-state index in [1.54, 1.807) is 19.2 Å². The van der Waals surface area contributed by atoms with Gasteiger partial charge in [0.15, 0.2) is 0 Å². The first-order valence-corrected chi connectivity index (χ1v) is 8.22. The van der Waals surface area contributed by atoms with Gasteiger partial charge in [-0.05, 0) is 30.4 Å². The minimum Gasteiger partial charge on any atom is -0.380 e. The van der Waals surface area contributed by atoms with E-state index in [1.807, 2.05) is 12.1 Å². The van der Waals surface area contributed by atoms with E-state index in [9.17, 15) is 10.1 Å². The number of nitrogens with zero attached hydrogens (tertiary/aromatic N) is 2. The Hall–Kier alpha value is -2.40. The number of anilines is 1. The van der Waals surface area contributed by atoms with E-state index in [2.05, 4.69) is 29.2 Å². The van der Waals surface area contributed by atoms with Crippen molar-refractivity contribution >= 4 is 11.4 Å². The van der Waals surface area contributed by atoms with E-state index in [4.69, 9.17) is 4.74 Å². The summed E-state index contributed by atoms with van der Waals surface area (Å²) in [5.74, 6) is 0.609. The Labute approximate surface area is 142 Å². The molecular weight excluding hydrogens is 304 g/mol. The Kier molecular flexibility index (Phi) is 5.11. The topological polar surface area (TPSA) is 55.6 Å². The van der Waals surface area contributed by atoms with Crippen molar-refractivity contribution in [3.8, 4) is 0 Å². The van der Waals surface area contributed by atoms with Gasteiger partial charge in [0.05, 0.1) is 11.5 Å². The third kappa shape index (κ3) is 3.74. The van der Waals surface area contributed by atoms with Crippen LogP contribution in [0.15, 0.2) is 48.5 Å². The smallest absolute Gasteiger partial charge is 0.269 e. The summed E-state index contributed by atoms with van der Waals surface area (Å²) in [5.41, 5.74) is 3.42. The zero-order chi connectivity index (χ0) is 16.9. The lowest BCUT2D eigenvalue weighted by molar-refractivity contribution is -0.384. The number of benzene rings is 2. The van der Waals surface area contributed by atoms with Crippen LogP contribution < -0.4 is 4.90 Å². The molecule has 1 saturated heterocycles. The van der Waals surface area contributed by atoms with Crippen molar-refractivity contribution in [3.05, 3.63) is 69.8 Å². The van der Waals surface area contributed by atoms with Gasteiger partial charge in [0.1, 0.15) is 0 Å². The highest BCUT2D eigenvalue weighted by Crippen LogP contribution is 2.31. The number of hydrogen-bond acceptors (Lipinski definition) is 4. The van der Waals surface area contributed by atoms with Gasteiger partial charge in [0, 0.05) is 43.6 Å². The summed E-state index contributed by atoms with van der Waals surface area (Å²) in [6.07, 6.45) is 2.21. The number of hydrogen-bond donors (Lipinski definition) is 0. The number of ether oxygens (including phenoxy) is 1. The molecule has 1 heterocycles. The van der Waals surface area contributed by atoms with E-state index >= 15 is 0 Å². The summed E-state index contributed by atoms with van der Waals surface area (Å²) in [6.45, 7) is 2.34. The minimum absolute atomic E-state index is 0.117. The van der Waals surface area contributed by atoms with Crippen LogP contribution in [0.1, 0.15) is 17.5 Å². The fraction of sp³-hybridized carbons (Fsp3) is 0.368. The molecule has 24 heavy (non-hydrogen) atoms. The third-order valence-electron chi connectivity index (χ3n) is 4.57. The minimum atomic E-state index is -0.356. The first-order valence-electron chi connectivity index (χ1n) is 8.22. The summed E-state index contributed by atoms with van der Waals surface area (Å²) in [6, 6.07) is 15.6. The van der Waals surface area contributed by atoms with Crippen LogP contribution in [-0.2, 0) is 17.8 Å². The van der Waals surface area contributed by atoms with Crippen molar-refractivity contribution < 1.29 is 9.66 Å². The molecule has 1 unspecified atom stereocenters. The SMILES string of the molecule is COCc1cc([N+](=O)[O-])ccc1N1CCC(Cc2ccccc2)C1. The second-order valence-corrected chi connectivity index (χ2v) is 6.29. The summed E-state index contributed by atoms with van der Waals surface area (Å²) in [5, 5.41) is 11.0. The van der Waals surface area contributed by atoms with Crippen molar-refractivity contribution in [2.75, 3.05) is 25.1 Å². The molecule has 126 valence electrons. The highest BCUT2D eigenvalue weighted by Gasteiger charge is 2.25. The van der Waals surface area contributed by atoms with E-state index in [1.165, 1.54) is 5.56 Å². The van der Waals surface area contributed by atoms with Crippen molar-refractivity contribution in [1.82, 2.24) is 0 Å². The van der Waals surface area contributed by atoms with Crippen LogP contribution in [0, 0.1) is 16.0 Å². The Morgan fingerprint density at radius 3 is 2.75 bits per heavy atom. The summed E-state index contributed by atoms with van der Waals surface area (Å²) >= 11 is 0. The number of methoxy groups -OCH3 is 1. The Bertz CT molecular complexity index is 703. The summed E-state index contributed by atoms with van der Waals surface area (Å²) < 4.78 is 5.24. The van der Waals surface area contributed by atoms with E-state index in [0.717, 1.165) is 37.2 Å². The van der Waals surface area contributed by atoms with Crippen LogP contribution >= 0.6 is 0 Å². The monoisotopic (exact) mass is 326 g/mol. The van der Waals surface area contributed by atoms with Crippen LogP contribution in [0.5, 0.6) is 0 Å². The second-order valence-electron chi connectivity index (χ2n) is 6.29. The molecule has 1 atom stereocenters. The molecule has 5 nitrogen and oxygen atoms in total. The fourth-order valence-corrected chi connectivity index (χ4v) is 3.43. The van der Waals surface area contributed by atoms with Crippen molar-refractivity contribution in [2.45, 2.75) is 19.4 Å². The lowest BCUT2D eigenvalue weighted by atomic mass is 9.99. The normalized spacial score (nSPS) is 17.2. The zero-order valence-corrected chi connectivity index (χ0v) is 13.9. The second kappa shape index (κ2) is 7.45. The molecule has 0 spiro atoms. The average Bonchev–Trinajstić information content (AvgIpc) is 3.04. The molecule has 0 radical (unpaired) electrons. The van der Waals surface area contributed by atoms with Gasteiger partial charge in [-0.15, -0.1) is 0 Å². The number of nitro groups is 1. The molecule has 2 aromatic rings. The maximum absolute atomic E-state index is 11.0. The van der Waals surface area contributed by atoms with Crippen LogP contribution in [0.25, 0.3) is 0 Å². The van der Waals surface area contributed by atoms with Gasteiger partial charge in [0.25, 0.3) is 5.69 Å². The molecule has 0 aromatic heterocycles. The molecule has 1 aliphatic rings. The van der Waals surface area contributed by atoms with Crippen molar-refractivity contribution in [1.29, 1.82) is 0 Å². The van der Waals surface area contributed by atoms with Gasteiger partial charge in [-0.1, -0.05) is 30.3 Å². The van der Waals surface area contributed by atoms with Gasteiger partial charge in [0.2, 0.25) is 0 Å². The zero-order valence-electron chi connectivity index (χ0n) is 13.9. The van der Waals surface area contributed by atoms with Gasteiger partial charge in [-0.3, -0.25) is 10.1 Å². The molecule has 0 amide bonds. The molecule has 1 aliphatic heterocycles. The number of nitro benzene ring substituents is 1. The average molecular weight is 326 g/mol. The number of rotatable bonds is 6.